The van der Waals surface area contributed by atoms with Crippen LogP contribution >= 0.6 is 0 Å². The zero-order valence-corrected chi connectivity index (χ0v) is 21.9. The Kier molecular flexibility index (Phi) is 7.33. The molecule has 0 aromatic heterocycles. The summed E-state index contributed by atoms with van der Waals surface area (Å²) in [6, 6.07) is 19.0. The predicted octanol–water partition coefficient (Wildman–Crippen LogP) is 8.84. The van der Waals surface area contributed by atoms with Crippen molar-refractivity contribution in [2.24, 2.45) is 0 Å². The van der Waals surface area contributed by atoms with E-state index in [1.54, 1.807) is 13.0 Å². The van der Waals surface area contributed by atoms with Crippen molar-refractivity contribution in [2.45, 2.75) is 84.2 Å². The highest BCUT2D eigenvalue weighted by Crippen LogP contribution is 2.41. The van der Waals surface area contributed by atoms with Crippen LogP contribution in [0.4, 0.5) is 4.39 Å². The second-order valence-electron chi connectivity index (χ2n) is 10.5. The highest BCUT2D eigenvalue weighted by molar-refractivity contribution is 5.68. The maximum absolute atomic E-state index is 14.2. The van der Waals surface area contributed by atoms with Gasteiger partial charge >= 0.3 is 0 Å². The summed E-state index contributed by atoms with van der Waals surface area (Å²) in [5.74, 6) is -0.160. The van der Waals surface area contributed by atoms with Crippen molar-refractivity contribution < 1.29 is 9.50 Å². The van der Waals surface area contributed by atoms with Gasteiger partial charge in [0.2, 0.25) is 0 Å². The van der Waals surface area contributed by atoms with Gasteiger partial charge in [0.1, 0.15) is 5.82 Å². The van der Waals surface area contributed by atoms with E-state index in [4.69, 9.17) is 0 Å². The maximum atomic E-state index is 14.2. The SMILES string of the molecule is CCC(CC)(c1ccc(/C=C/C2(O)CCCC2)c(C)c1)c1ccc(-c2ccc(C)c(F)c2)c(C)c1. The van der Waals surface area contributed by atoms with E-state index in [-0.39, 0.29) is 11.2 Å². The number of benzene rings is 3. The molecule has 1 fully saturated rings. The number of halogens is 1. The van der Waals surface area contributed by atoms with Gasteiger partial charge in [0.25, 0.3) is 0 Å². The van der Waals surface area contributed by atoms with Gasteiger partial charge in [-0.25, -0.2) is 4.39 Å². The molecule has 3 aromatic carbocycles. The molecule has 0 radical (unpaired) electrons. The third-order valence-electron chi connectivity index (χ3n) is 8.33. The Morgan fingerprint density at radius 3 is 2.03 bits per heavy atom. The smallest absolute Gasteiger partial charge is 0.126 e. The molecule has 0 unspecified atom stereocenters. The quantitative estimate of drug-likeness (QED) is 0.366. The van der Waals surface area contributed by atoms with E-state index in [1.165, 1.54) is 22.3 Å². The van der Waals surface area contributed by atoms with Crippen molar-refractivity contribution in [3.63, 3.8) is 0 Å². The van der Waals surface area contributed by atoms with Crippen LogP contribution < -0.4 is 0 Å². The molecular weight excluding hydrogens is 431 g/mol. The molecule has 1 aliphatic rings. The summed E-state index contributed by atoms with van der Waals surface area (Å²) in [6.07, 6.45) is 10.0. The molecule has 0 saturated heterocycles. The van der Waals surface area contributed by atoms with Gasteiger partial charge in [-0.05, 0) is 97.0 Å². The largest absolute Gasteiger partial charge is 0.386 e. The second-order valence-corrected chi connectivity index (χ2v) is 10.5. The molecule has 1 aliphatic carbocycles. The lowest BCUT2D eigenvalue weighted by atomic mass is 9.69. The van der Waals surface area contributed by atoms with Gasteiger partial charge in [-0.1, -0.05) is 87.4 Å². The van der Waals surface area contributed by atoms with Gasteiger partial charge in [0.15, 0.2) is 0 Å². The minimum absolute atomic E-state index is 0.0848. The molecule has 184 valence electrons. The van der Waals surface area contributed by atoms with Crippen molar-refractivity contribution in [1.29, 1.82) is 0 Å². The topological polar surface area (TPSA) is 20.2 Å². The first kappa shape index (κ1) is 25.4. The number of rotatable bonds is 7. The Bertz CT molecular complexity index is 1230. The second kappa shape index (κ2) is 10.1. The molecule has 35 heavy (non-hydrogen) atoms. The minimum atomic E-state index is -0.638. The fraction of sp³-hybridized carbons (Fsp3) is 0.394. The zero-order valence-electron chi connectivity index (χ0n) is 21.9. The summed E-state index contributed by atoms with van der Waals surface area (Å²) in [5.41, 5.74) is 8.15. The molecule has 1 nitrogen and oxygen atoms in total. The van der Waals surface area contributed by atoms with Crippen LogP contribution in [0.25, 0.3) is 17.2 Å². The standard InChI is InChI=1S/C33H39FO/c1-6-33(7-2,28-13-12-26(24(4)20-28)16-19-32(35)17-8-9-18-32)29-14-15-30(25(5)21-29)27-11-10-23(3)31(34)22-27/h10-16,19-22,35H,6-9,17-18H2,1-5H3/b19-16+. The van der Waals surface area contributed by atoms with Gasteiger partial charge in [0, 0.05) is 5.41 Å². The van der Waals surface area contributed by atoms with Crippen LogP contribution in [0.1, 0.15) is 85.8 Å². The van der Waals surface area contributed by atoms with Gasteiger partial charge in [-0.2, -0.15) is 0 Å². The number of aliphatic hydroxyl groups is 1. The fourth-order valence-corrected chi connectivity index (χ4v) is 5.84. The first-order valence-electron chi connectivity index (χ1n) is 13.1. The van der Waals surface area contributed by atoms with Crippen molar-refractivity contribution in [1.82, 2.24) is 0 Å². The van der Waals surface area contributed by atoms with Crippen LogP contribution in [0.15, 0.2) is 60.7 Å². The Hall–Kier alpha value is -2.71. The predicted molar refractivity (Wildman–Crippen MR) is 146 cm³/mol. The third-order valence-corrected chi connectivity index (χ3v) is 8.33. The highest BCUT2D eigenvalue weighted by Gasteiger charge is 2.32. The number of hydrogen-bond acceptors (Lipinski definition) is 1. The first-order valence-corrected chi connectivity index (χ1v) is 13.1. The van der Waals surface area contributed by atoms with E-state index in [1.807, 2.05) is 18.2 Å². The average molecular weight is 471 g/mol. The molecule has 1 saturated carbocycles. The summed E-state index contributed by atoms with van der Waals surface area (Å²) < 4.78 is 14.2. The highest BCUT2D eigenvalue weighted by atomic mass is 19.1. The molecule has 0 amide bonds. The summed E-state index contributed by atoms with van der Waals surface area (Å²) in [5, 5.41) is 10.7. The molecule has 0 aliphatic heterocycles. The van der Waals surface area contributed by atoms with E-state index in [9.17, 15) is 9.50 Å². The summed E-state index contributed by atoms with van der Waals surface area (Å²) in [7, 11) is 0. The van der Waals surface area contributed by atoms with E-state index in [0.29, 0.717) is 5.56 Å². The van der Waals surface area contributed by atoms with Gasteiger partial charge in [-0.3, -0.25) is 0 Å². The van der Waals surface area contributed by atoms with Crippen molar-refractivity contribution in [2.75, 3.05) is 0 Å². The lowest BCUT2D eigenvalue weighted by Crippen LogP contribution is -2.26. The lowest BCUT2D eigenvalue weighted by Gasteiger charge is -2.34. The molecule has 3 aromatic rings. The Morgan fingerprint density at radius 2 is 1.46 bits per heavy atom. The van der Waals surface area contributed by atoms with Gasteiger partial charge < -0.3 is 5.11 Å². The van der Waals surface area contributed by atoms with Gasteiger partial charge in [0.05, 0.1) is 5.60 Å². The summed E-state index contributed by atoms with van der Waals surface area (Å²) in [6.45, 7) is 10.6. The van der Waals surface area contributed by atoms with E-state index < -0.39 is 5.60 Å². The van der Waals surface area contributed by atoms with Crippen LogP contribution in [0.5, 0.6) is 0 Å². The molecule has 1 N–H and O–H groups in total. The van der Waals surface area contributed by atoms with Crippen LogP contribution in [-0.4, -0.2) is 10.7 Å². The van der Waals surface area contributed by atoms with Crippen LogP contribution in [0, 0.1) is 26.6 Å². The Labute approximate surface area is 210 Å². The van der Waals surface area contributed by atoms with E-state index in [2.05, 4.69) is 70.2 Å². The first-order chi connectivity index (χ1) is 16.7. The van der Waals surface area contributed by atoms with Crippen LogP contribution in [0.3, 0.4) is 0 Å². The average Bonchev–Trinajstić information content (AvgIpc) is 3.28. The van der Waals surface area contributed by atoms with Crippen molar-refractivity contribution in [3.05, 3.63) is 99.9 Å². The molecular formula is C33H39FO. The summed E-state index contributed by atoms with van der Waals surface area (Å²) in [4.78, 5) is 0. The molecule has 0 bridgehead atoms. The normalized spacial score (nSPS) is 15.7. The van der Waals surface area contributed by atoms with Crippen molar-refractivity contribution >= 4 is 6.08 Å². The maximum Gasteiger partial charge on any atom is 0.126 e. The molecule has 0 spiro atoms. The zero-order chi connectivity index (χ0) is 25.2. The van der Waals surface area contributed by atoms with Gasteiger partial charge in [-0.15, -0.1) is 0 Å². The fourth-order valence-electron chi connectivity index (χ4n) is 5.84. The monoisotopic (exact) mass is 470 g/mol. The van der Waals surface area contributed by atoms with E-state index in [0.717, 1.165) is 55.2 Å². The molecule has 2 heteroatoms. The molecule has 0 atom stereocenters. The Balaban J connectivity index is 1.69. The number of hydrogen-bond donors (Lipinski definition) is 1. The molecule has 4 rings (SSSR count). The Morgan fingerprint density at radius 1 is 0.829 bits per heavy atom. The third kappa shape index (κ3) is 5.00. The van der Waals surface area contributed by atoms with Crippen LogP contribution in [0.2, 0.25) is 0 Å². The number of aryl methyl sites for hydroxylation is 3. The lowest BCUT2D eigenvalue weighted by molar-refractivity contribution is 0.100. The van der Waals surface area contributed by atoms with E-state index >= 15 is 0 Å². The molecule has 0 heterocycles. The van der Waals surface area contributed by atoms with Crippen LogP contribution in [-0.2, 0) is 5.41 Å². The minimum Gasteiger partial charge on any atom is -0.386 e. The summed E-state index contributed by atoms with van der Waals surface area (Å²) >= 11 is 0. The van der Waals surface area contributed by atoms with Crippen molar-refractivity contribution in [3.8, 4) is 11.1 Å².